The van der Waals surface area contributed by atoms with Crippen LogP contribution in [0.3, 0.4) is 0 Å². The van der Waals surface area contributed by atoms with Gasteiger partial charge in [0.1, 0.15) is 0 Å². The number of carbonyl (C=O) groups excluding carboxylic acids is 1. The second-order valence-corrected chi connectivity index (χ2v) is 7.81. The zero-order valence-electron chi connectivity index (χ0n) is 13.9. The number of hydrogen-bond donors (Lipinski definition) is 1. The van der Waals surface area contributed by atoms with Gasteiger partial charge in [-0.25, -0.2) is 0 Å². The molecule has 1 aliphatic carbocycles. The molecule has 0 radical (unpaired) electrons. The Balaban J connectivity index is 1.60. The smallest absolute Gasteiger partial charge is 0.226 e. The average molecular weight is 331 g/mol. The number of aliphatic imine (C=N–C) groups is 1. The van der Waals surface area contributed by atoms with E-state index in [0.29, 0.717) is 17.7 Å². The van der Waals surface area contributed by atoms with Gasteiger partial charge in [0.2, 0.25) is 5.91 Å². The van der Waals surface area contributed by atoms with Crippen molar-refractivity contribution in [1.29, 1.82) is 0 Å². The number of para-hydroxylation sites is 1. The topological polar surface area (TPSA) is 44.7 Å². The van der Waals surface area contributed by atoms with Crippen molar-refractivity contribution in [3.05, 3.63) is 30.3 Å². The molecule has 2 unspecified atom stereocenters. The van der Waals surface area contributed by atoms with Gasteiger partial charge in [-0.2, -0.15) is 0 Å². The van der Waals surface area contributed by atoms with Crippen molar-refractivity contribution in [3.63, 3.8) is 0 Å². The van der Waals surface area contributed by atoms with Gasteiger partial charge in [-0.3, -0.25) is 9.79 Å². The van der Waals surface area contributed by atoms with Crippen molar-refractivity contribution in [3.8, 4) is 0 Å². The normalized spacial score (nSPS) is 26.9. The molecule has 2 fully saturated rings. The summed E-state index contributed by atoms with van der Waals surface area (Å²) in [6.07, 6.45) is 5.53. The highest BCUT2D eigenvalue weighted by Crippen LogP contribution is 2.34. The fourth-order valence-electron chi connectivity index (χ4n) is 3.32. The molecule has 2 atom stereocenters. The first kappa shape index (κ1) is 16.4. The van der Waals surface area contributed by atoms with E-state index >= 15 is 0 Å². The van der Waals surface area contributed by atoms with Crippen LogP contribution in [0.15, 0.2) is 35.3 Å². The second-order valence-electron chi connectivity index (χ2n) is 6.47. The Bertz CT molecular complexity index is 569. The maximum absolute atomic E-state index is 12.3. The van der Waals surface area contributed by atoms with E-state index in [0.717, 1.165) is 10.9 Å². The number of benzene rings is 1. The lowest BCUT2D eigenvalue weighted by Crippen LogP contribution is -2.36. The third-order valence-electron chi connectivity index (χ3n) is 4.70. The van der Waals surface area contributed by atoms with Crippen LogP contribution < -0.4 is 5.32 Å². The lowest BCUT2D eigenvalue weighted by atomic mass is 10.1. The summed E-state index contributed by atoms with van der Waals surface area (Å²) in [7, 11) is 2.07. The zero-order valence-corrected chi connectivity index (χ0v) is 14.7. The first-order valence-electron chi connectivity index (χ1n) is 8.45. The fraction of sp³-hybridized carbons (Fsp3) is 0.556. The van der Waals surface area contributed by atoms with Crippen molar-refractivity contribution in [2.75, 3.05) is 12.4 Å². The number of hydrogen-bond acceptors (Lipinski definition) is 3. The summed E-state index contributed by atoms with van der Waals surface area (Å²) >= 11 is 1.81. The molecule has 1 amide bonds. The predicted molar refractivity (Wildman–Crippen MR) is 98.0 cm³/mol. The minimum absolute atomic E-state index is 0.0719. The van der Waals surface area contributed by atoms with Gasteiger partial charge in [-0.1, -0.05) is 49.7 Å². The Labute approximate surface area is 142 Å². The van der Waals surface area contributed by atoms with Gasteiger partial charge in [0.15, 0.2) is 5.17 Å². The Morgan fingerprint density at radius 1 is 1.30 bits per heavy atom. The van der Waals surface area contributed by atoms with Gasteiger partial charge in [0.05, 0.1) is 12.1 Å². The minimum atomic E-state index is 0.0719. The molecule has 0 spiro atoms. The third-order valence-corrected chi connectivity index (χ3v) is 5.99. The largest absolute Gasteiger partial charge is 0.350 e. The van der Waals surface area contributed by atoms with E-state index in [1.165, 1.54) is 25.7 Å². The molecule has 1 aromatic rings. The highest BCUT2D eigenvalue weighted by atomic mass is 32.2. The maximum Gasteiger partial charge on any atom is 0.226 e. The first-order valence-corrected chi connectivity index (χ1v) is 9.33. The molecule has 0 aromatic heterocycles. The SMILES string of the molecule is CC1SC(=NC2CCCC2)N(C)C1CC(=O)Nc1ccccc1. The standard InChI is InChI=1S/C18H25N3OS/c1-13-16(12-17(22)19-14-8-4-3-5-9-14)21(2)18(23-13)20-15-10-6-7-11-15/h3-5,8-9,13,15-16H,6-7,10-12H2,1-2H3,(H,19,22). The summed E-state index contributed by atoms with van der Waals surface area (Å²) < 4.78 is 0. The van der Waals surface area contributed by atoms with E-state index in [-0.39, 0.29) is 11.9 Å². The van der Waals surface area contributed by atoms with Crippen molar-refractivity contribution in [2.45, 2.75) is 56.4 Å². The van der Waals surface area contributed by atoms with Crippen molar-refractivity contribution in [2.24, 2.45) is 4.99 Å². The summed E-state index contributed by atoms with van der Waals surface area (Å²) in [6.45, 7) is 2.19. The average Bonchev–Trinajstić information content (AvgIpc) is 3.13. The van der Waals surface area contributed by atoms with Crippen LogP contribution in [-0.4, -0.2) is 40.4 Å². The molecule has 3 rings (SSSR count). The number of carbonyl (C=O) groups is 1. The summed E-state index contributed by atoms with van der Waals surface area (Å²) in [5.41, 5.74) is 0.860. The highest BCUT2D eigenvalue weighted by Gasteiger charge is 2.36. The van der Waals surface area contributed by atoms with Gasteiger partial charge in [0, 0.05) is 24.4 Å². The van der Waals surface area contributed by atoms with Crippen molar-refractivity contribution < 1.29 is 4.79 Å². The molecule has 0 bridgehead atoms. The maximum atomic E-state index is 12.3. The number of rotatable bonds is 4. The van der Waals surface area contributed by atoms with Crippen LogP contribution >= 0.6 is 11.8 Å². The summed E-state index contributed by atoms with van der Waals surface area (Å²) in [5, 5.41) is 4.49. The van der Waals surface area contributed by atoms with Crippen LogP contribution in [0.25, 0.3) is 0 Å². The van der Waals surface area contributed by atoms with Crippen LogP contribution in [-0.2, 0) is 4.79 Å². The second kappa shape index (κ2) is 7.39. The molecule has 2 aliphatic rings. The molecule has 1 saturated carbocycles. The lowest BCUT2D eigenvalue weighted by Gasteiger charge is -2.23. The Morgan fingerprint density at radius 2 is 2.00 bits per heavy atom. The number of thioether (sulfide) groups is 1. The molecular formula is C18H25N3OS. The van der Waals surface area contributed by atoms with Crippen LogP contribution in [0.5, 0.6) is 0 Å². The first-order chi connectivity index (χ1) is 11.1. The Morgan fingerprint density at radius 3 is 2.70 bits per heavy atom. The minimum Gasteiger partial charge on any atom is -0.350 e. The molecular weight excluding hydrogens is 306 g/mol. The predicted octanol–water partition coefficient (Wildman–Crippen LogP) is 3.75. The molecule has 5 heteroatoms. The van der Waals surface area contributed by atoms with Crippen molar-refractivity contribution in [1.82, 2.24) is 4.90 Å². The molecule has 1 heterocycles. The third kappa shape index (κ3) is 4.08. The number of amidine groups is 1. The fourth-order valence-corrected chi connectivity index (χ4v) is 4.60. The van der Waals surface area contributed by atoms with Crippen molar-refractivity contribution >= 4 is 28.5 Å². The van der Waals surface area contributed by atoms with Gasteiger partial charge in [0.25, 0.3) is 0 Å². The molecule has 1 aromatic carbocycles. The number of anilines is 1. The van der Waals surface area contributed by atoms with E-state index in [4.69, 9.17) is 4.99 Å². The summed E-state index contributed by atoms with van der Waals surface area (Å²) in [6, 6.07) is 10.4. The highest BCUT2D eigenvalue weighted by molar-refractivity contribution is 8.14. The monoisotopic (exact) mass is 331 g/mol. The van der Waals surface area contributed by atoms with E-state index < -0.39 is 0 Å². The molecule has 124 valence electrons. The van der Waals surface area contributed by atoms with Gasteiger partial charge in [-0.15, -0.1) is 0 Å². The Kier molecular flexibility index (Phi) is 5.26. The number of nitrogens with zero attached hydrogens (tertiary/aromatic N) is 2. The van der Waals surface area contributed by atoms with Gasteiger partial charge < -0.3 is 10.2 Å². The van der Waals surface area contributed by atoms with Gasteiger partial charge >= 0.3 is 0 Å². The quantitative estimate of drug-likeness (QED) is 0.914. The molecule has 23 heavy (non-hydrogen) atoms. The number of amides is 1. The number of nitrogens with one attached hydrogen (secondary N) is 1. The molecule has 1 N–H and O–H groups in total. The van der Waals surface area contributed by atoms with Crippen LogP contribution in [0.4, 0.5) is 5.69 Å². The van der Waals surface area contributed by atoms with E-state index in [9.17, 15) is 4.79 Å². The molecule has 1 saturated heterocycles. The van der Waals surface area contributed by atoms with Crippen LogP contribution in [0.1, 0.15) is 39.0 Å². The van der Waals surface area contributed by atoms with E-state index in [1.54, 1.807) is 0 Å². The van der Waals surface area contributed by atoms with E-state index in [2.05, 4.69) is 24.2 Å². The lowest BCUT2D eigenvalue weighted by molar-refractivity contribution is -0.117. The summed E-state index contributed by atoms with van der Waals surface area (Å²) in [5.74, 6) is 0.0719. The van der Waals surface area contributed by atoms with E-state index in [1.807, 2.05) is 42.1 Å². The van der Waals surface area contributed by atoms with Gasteiger partial charge in [-0.05, 0) is 25.0 Å². The van der Waals surface area contributed by atoms with Crippen LogP contribution in [0, 0.1) is 0 Å². The molecule has 1 aliphatic heterocycles. The zero-order chi connectivity index (χ0) is 16.2. The summed E-state index contributed by atoms with van der Waals surface area (Å²) in [4.78, 5) is 19.5. The molecule has 4 nitrogen and oxygen atoms in total. The Hall–Kier alpha value is -1.49. The van der Waals surface area contributed by atoms with Crippen LogP contribution in [0.2, 0.25) is 0 Å².